The smallest absolute Gasteiger partial charge is 0.257 e. The number of aromatic nitrogens is 5. The molecule has 43 heavy (non-hydrogen) atoms. The summed E-state index contributed by atoms with van der Waals surface area (Å²) in [4.78, 5) is 25.6. The summed E-state index contributed by atoms with van der Waals surface area (Å²) < 4.78 is 15.0. The Hall–Kier alpha value is -4.28. The van der Waals surface area contributed by atoms with Gasteiger partial charge in [0.1, 0.15) is 17.0 Å². The van der Waals surface area contributed by atoms with Crippen molar-refractivity contribution in [3.63, 3.8) is 0 Å². The topological polar surface area (TPSA) is 98.8 Å². The number of carbonyl (C=O) groups excluding carboxylic acids is 1. The van der Waals surface area contributed by atoms with Crippen molar-refractivity contribution >= 4 is 28.4 Å². The molecule has 2 aliphatic carbocycles. The highest BCUT2D eigenvalue weighted by Gasteiger charge is 2.34. The molecule has 4 aromatic heterocycles. The molecule has 0 saturated heterocycles. The number of carbonyl (C=O) groups is 1. The van der Waals surface area contributed by atoms with Crippen LogP contribution < -0.4 is 10.2 Å². The van der Waals surface area contributed by atoms with E-state index in [9.17, 15) is 4.79 Å². The van der Waals surface area contributed by atoms with Gasteiger partial charge in [0, 0.05) is 69.9 Å². The molecule has 0 radical (unpaired) electrons. The van der Waals surface area contributed by atoms with Gasteiger partial charge in [-0.15, -0.1) is 0 Å². The van der Waals surface area contributed by atoms with Crippen LogP contribution in [0.2, 0.25) is 0 Å². The van der Waals surface area contributed by atoms with E-state index in [1.54, 1.807) is 24.9 Å². The summed E-state index contributed by atoms with van der Waals surface area (Å²) in [6.07, 6.45) is 9.64. The normalized spacial score (nSPS) is 21.5. The van der Waals surface area contributed by atoms with Crippen molar-refractivity contribution in [2.45, 2.75) is 50.4 Å². The lowest BCUT2D eigenvalue weighted by Crippen LogP contribution is -2.51. The van der Waals surface area contributed by atoms with Gasteiger partial charge in [-0.05, 0) is 49.3 Å². The summed E-state index contributed by atoms with van der Waals surface area (Å²) >= 11 is 0. The van der Waals surface area contributed by atoms with E-state index in [4.69, 9.17) is 19.4 Å². The number of anilines is 1. The van der Waals surface area contributed by atoms with Crippen molar-refractivity contribution in [1.29, 1.82) is 0 Å². The molecule has 222 valence electrons. The summed E-state index contributed by atoms with van der Waals surface area (Å²) in [5.41, 5.74) is 4.85. The maximum absolute atomic E-state index is 13.5. The molecule has 1 amide bonds. The SMILES string of the molecule is COC[C@H]1C[C@@H](n2cc(-c3cc(N(C)Cc4ccccc4)n4ncc(C(=O)N[C@H]5CC[C@@H]5OC)c4n3)c3cccnc32)C1. The number of benzene rings is 1. The highest BCUT2D eigenvalue weighted by molar-refractivity contribution is 6.01. The summed E-state index contributed by atoms with van der Waals surface area (Å²) in [5.74, 6) is 1.22. The number of rotatable bonds is 10. The lowest BCUT2D eigenvalue weighted by atomic mass is 9.80. The van der Waals surface area contributed by atoms with Crippen molar-refractivity contribution in [2.75, 3.05) is 32.8 Å². The second kappa shape index (κ2) is 11.4. The molecule has 2 atom stereocenters. The Morgan fingerprint density at radius 1 is 1.09 bits per heavy atom. The Morgan fingerprint density at radius 2 is 1.93 bits per heavy atom. The van der Waals surface area contributed by atoms with Gasteiger partial charge in [-0.1, -0.05) is 30.3 Å². The Kier molecular flexibility index (Phi) is 7.32. The largest absolute Gasteiger partial charge is 0.384 e. The van der Waals surface area contributed by atoms with Crippen molar-refractivity contribution < 1.29 is 14.3 Å². The van der Waals surface area contributed by atoms with Crippen LogP contribution in [0.15, 0.2) is 67.1 Å². The summed E-state index contributed by atoms with van der Waals surface area (Å²) in [6, 6.07) is 16.8. The molecule has 0 aliphatic heterocycles. The van der Waals surface area contributed by atoms with E-state index in [1.807, 2.05) is 37.5 Å². The fourth-order valence-electron chi connectivity index (χ4n) is 6.48. The summed E-state index contributed by atoms with van der Waals surface area (Å²) in [5, 5.41) is 8.84. The van der Waals surface area contributed by atoms with Gasteiger partial charge in [0.2, 0.25) is 0 Å². The molecule has 10 nitrogen and oxygen atoms in total. The lowest BCUT2D eigenvalue weighted by molar-refractivity contribution is 0.00732. The van der Waals surface area contributed by atoms with Crippen molar-refractivity contribution in [3.8, 4) is 11.3 Å². The van der Waals surface area contributed by atoms with E-state index in [-0.39, 0.29) is 18.1 Å². The molecule has 5 aromatic rings. The van der Waals surface area contributed by atoms with Crippen LogP contribution in [0.1, 0.15) is 47.6 Å². The Bertz CT molecular complexity index is 1760. The van der Waals surface area contributed by atoms with E-state index in [2.05, 4.69) is 50.3 Å². The number of fused-ring (bicyclic) bond motifs is 2. The van der Waals surface area contributed by atoms with Gasteiger partial charge >= 0.3 is 0 Å². The van der Waals surface area contributed by atoms with Crippen LogP contribution in [0.3, 0.4) is 0 Å². The molecule has 1 N–H and O–H groups in total. The molecular formula is C33H37N7O3. The number of methoxy groups -OCH3 is 2. The van der Waals surface area contributed by atoms with E-state index in [1.165, 1.54) is 5.56 Å². The van der Waals surface area contributed by atoms with Gasteiger partial charge in [-0.3, -0.25) is 4.79 Å². The minimum Gasteiger partial charge on any atom is -0.384 e. The Labute approximate surface area is 250 Å². The van der Waals surface area contributed by atoms with Gasteiger partial charge in [0.05, 0.1) is 24.0 Å². The standard InChI is InChI=1S/C33H37N7O3/c1-38(18-21-8-5-4-6-9-21)30-16-28(36-32-25(17-35-40(30)32)33(41)37-27-11-12-29(27)43-3)26-19-39(23-14-22(15-23)20-42-2)31-24(26)10-7-13-34-31/h4-10,13,16-17,19,22-23,27,29H,11-12,14-15,18,20H2,1-3H3,(H,37,41)/t22-,23+,27-,29-/m0/s1. The molecule has 2 aliphatic rings. The quantitative estimate of drug-likeness (QED) is 0.252. The molecule has 7 rings (SSSR count). The third-order valence-electron chi connectivity index (χ3n) is 9.05. The first-order chi connectivity index (χ1) is 21.0. The number of amides is 1. The van der Waals surface area contributed by atoms with Gasteiger partial charge in [-0.2, -0.15) is 9.61 Å². The minimum absolute atomic E-state index is 0.00989. The van der Waals surface area contributed by atoms with Crippen LogP contribution in [0.4, 0.5) is 5.82 Å². The van der Waals surface area contributed by atoms with Crippen molar-refractivity contribution in [1.82, 2.24) is 29.5 Å². The molecular weight excluding hydrogens is 542 g/mol. The fraction of sp³-hybridized carbons (Fsp3) is 0.394. The second-order valence-electron chi connectivity index (χ2n) is 11.8. The predicted molar refractivity (Wildman–Crippen MR) is 165 cm³/mol. The van der Waals surface area contributed by atoms with Crippen LogP contribution in [-0.2, 0) is 16.0 Å². The monoisotopic (exact) mass is 579 g/mol. The van der Waals surface area contributed by atoms with Gasteiger partial charge in [0.25, 0.3) is 5.91 Å². The zero-order valence-electron chi connectivity index (χ0n) is 24.8. The Balaban J connectivity index is 1.32. The number of pyridine rings is 1. The molecule has 10 heteroatoms. The third kappa shape index (κ3) is 5.04. The second-order valence-corrected chi connectivity index (χ2v) is 11.8. The maximum Gasteiger partial charge on any atom is 0.257 e. The lowest BCUT2D eigenvalue weighted by Gasteiger charge is -2.36. The van der Waals surface area contributed by atoms with Crippen LogP contribution >= 0.6 is 0 Å². The maximum atomic E-state index is 13.5. The van der Waals surface area contributed by atoms with Crippen molar-refractivity contribution in [2.24, 2.45) is 5.92 Å². The van der Waals surface area contributed by atoms with Crippen LogP contribution in [-0.4, -0.2) is 70.1 Å². The third-order valence-corrected chi connectivity index (χ3v) is 9.05. The predicted octanol–water partition coefficient (Wildman–Crippen LogP) is 4.89. The first-order valence-corrected chi connectivity index (χ1v) is 15.0. The van der Waals surface area contributed by atoms with E-state index in [0.29, 0.717) is 29.7 Å². The summed E-state index contributed by atoms with van der Waals surface area (Å²) in [6.45, 7) is 1.45. The van der Waals surface area contributed by atoms with Gasteiger partial charge in [0.15, 0.2) is 5.65 Å². The molecule has 4 heterocycles. The molecule has 0 unspecified atom stereocenters. The van der Waals surface area contributed by atoms with E-state index >= 15 is 0 Å². The molecule has 0 bridgehead atoms. The Morgan fingerprint density at radius 3 is 2.67 bits per heavy atom. The highest BCUT2D eigenvalue weighted by atomic mass is 16.5. The number of hydrogen-bond acceptors (Lipinski definition) is 7. The zero-order chi connectivity index (χ0) is 29.5. The number of hydrogen-bond donors (Lipinski definition) is 1. The number of nitrogens with one attached hydrogen (secondary N) is 1. The first kappa shape index (κ1) is 27.5. The molecule has 2 saturated carbocycles. The minimum atomic E-state index is -0.189. The number of ether oxygens (including phenoxy) is 2. The molecule has 0 spiro atoms. The number of nitrogens with zero attached hydrogens (tertiary/aromatic N) is 6. The van der Waals surface area contributed by atoms with Crippen molar-refractivity contribution in [3.05, 3.63) is 78.2 Å². The molecule has 2 fully saturated rings. The average molecular weight is 580 g/mol. The average Bonchev–Trinajstić information content (AvgIpc) is 3.59. The summed E-state index contributed by atoms with van der Waals surface area (Å²) in [7, 11) is 5.49. The first-order valence-electron chi connectivity index (χ1n) is 15.0. The van der Waals surface area contributed by atoms with Crippen LogP contribution in [0, 0.1) is 5.92 Å². The van der Waals surface area contributed by atoms with Crippen LogP contribution in [0.5, 0.6) is 0 Å². The van der Waals surface area contributed by atoms with E-state index < -0.39 is 0 Å². The van der Waals surface area contributed by atoms with Gasteiger partial charge < -0.3 is 24.3 Å². The zero-order valence-corrected chi connectivity index (χ0v) is 24.8. The highest BCUT2D eigenvalue weighted by Crippen LogP contribution is 2.42. The van der Waals surface area contributed by atoms with Crippen LogP contribution in [0.25, 0.3) is 27.9 Å². The fourth-order valence-corrected chi connectivity index (χ4v) is 6.48. The van der Waals surface area contributed by atoms with Gasteiger partial charge in [-0.25, -0.2) is 9.97 Å². The molecule has 1 aromatic carbocycles. The van der Waals surface area contributed by atoms with E-state index in [0.717, 1.165) is 60.4 Å².